The van der Waals surface area contributed by atoms with Crippen molar-refractivity contribution in [2.24, 2.45) is 29.4 Å². The Morgan fingerprint density at radius 3 is 2.28 bits per heavy atom. The van der Waals surface area contributed by atoms with Crippen LogP contribution in [0.2, 0.25) is 0 Å². The third-order valence-corrected chi connectivity index (χ3v) is 8.83. The van der Waals surface area contributed by atoms with Gasteiger partial charge in [-0.25, -0.2) is 0 Å². The number of hydrogen-bond donors (Lipinski definition) is 4. The summed E-state index contributed by atoms with van der Waals surface area (Å²) in [6.45, 7) is 14.5. The zero-order valence-electron chi connectivity index (χ0n) is 27.3. The van der Waals surface area contributed by atoms with Crippen LogP contribution in [0.15, 0.2) is 24.3 Å². The molecule has 1 unspecified atom stereocenters. The first-order valence-corrected chi connectivity index (χ1v) is 15.9. The van der Waals surface area contributed by atoms with Crippen molar-refractivity contribution >= 4 is 36.6 Å². The Kier molecular flexibility index (Phi) is 21.4. The Hall–Kier alpha value is -1.42. The zero-order chi connectivity index (χ0) is 30.4. The smallest absolute Gasteiger partial charge is 0.251 e. The van der Waals surface area contributed by atoms with Gasteiger partial charge in [-0.15, -0.1) is 24.8 Å². The second-order valence-corrected chi connectivity index (χ2v) is 12.6. The number of methoxy groups -OCH3 is 1. The quantitative estimate of drug-likeness (QED) is 0.170. The maximum absolute atomic E-state index is 13.3. The molecule has 43 heavy (non-hydrogen) atoms. The van der Waals surface area contributed by atoms with Gasteiger partial charge in [0.2, 0.25) is 5.91 Å². The van der Waals surface area contributed by atoms with Crippen molar-refractivity contribution in [1.82, 2.24) is 15.5 Å². The van der Waals surface area contributed by atoms with E-state index in [1.165, 1.54) is 0 Å². The minimum Gasteiger partial charge on any atom is -0.391 e. The van der Waals surface area contributed by atoms with Gasteiger partial charge in [0.15, 0.2) is 0 Å². The largest absolute Gasteiger partial charge is 0.391 e. The first-order valence-electron chi connectivity index (χ1n) is 15.9. The molecule has 1 saturated heterocycles. The van der Waals surface area contributed by atoms with Crippen LogP contribution in [-0.2, 0) is 16.0 Å². The Balaban J connectivity index is 0.00000882. The highest BCUT2D eigenvalue weighted by atomic mass is 35.5. The fraction of sp³-hybridized carbons (Fsp3) is 0.758. The van der Waals surface area contributed by atoms with Gasteiger partial charge in [-0.2, -0.15) is 0 Å². The second-order valence-electron chi connectivity index (χ2n) is 12.6. The first-order chi connectivity index (χ1) is 19.6. The lowest BCUT2D eigenvalue weighted by Crippen LogP contribution is -2.44. The maximum atomic E-state index is 13.3. The zero-order valence-corrected chi connectivity index (χ0v) is 29.0. The molecular weight excluding hydrogens is 587 g/mol. The number of benzene rings is 1. The Morgan fingerprint density at radius 2 is 1.70 bits per heavy atom. The number of nitrogens with one attached hydrogen (secondary N) is 2. The number of amides is 2. The van der Waals surface area contributed by atoms with E-state index >= 15 is 0 Å². The van der Waals surface area contributed by atoms with Crippen LogP contribution in [-0.4, -0.2) is 79.9 Å². The van der Waals surface area contributed by atoms with Crippen LogP contribution >= 0.6 is 24.8 Å². The van der Waals surface area contributed by atoms with Crippen molar-refractivity contribution in [1.29, 1.82) is 0 Å². The lowest BCUT2D eigenvalue weighted by molar-refractivity contribution is -0.127. The monoisotopic (exact) mass is 646 g/mol. The summed E-state index contributed by atoms with van der Waals surface area (Å²) < 4.78 is 5.49. The summed E-state index contributed by atoms with van der Waals surface area (Å²) in [5.41, 5.74) is 8.27. The number of hydrogen-bond acceptors (Lipinski definition) is 6. The fourth-order valence-electron chi connectivity index (χ4n) is 5.66. The summed E-state index contributed by atoms with van der Waals surface area (Å²) in [5.74, 6) is 0.127. The standard InChI is InChI=1S/C33H58N4O4.2ClH/c1-7-8-16-35-33(40)29(24(4)5)21-31(38)30(34)20-26(23(2)3)22-36-32(39)28-12-10-9-11-25(28)13-17-37-18-14-27(41-6)15-19-37;;/h9-12,23-24,26-27,29-31,38H,7-8,13-22,34H2,1-6H3,(H,35,40)(H,36,39);2*1H/t26-,29+,30?,31+;;/m1../s1. The Labute approximate surface area is 273 Å². The van der Waals surface area contributed by atoms with Crippen LogP contribution in [0.4, 0.5) is 0 Å². The van der Waals surface area contributed by atoms with Crippen LogP contribution in [0, 0.1) is 23.7 Å². The molecule has 0 spiro atoms. The Morgan fingerprint density at radius 1 is 1.05 bits per heavy atom. The molecule has 1 aromatic carbocycles. The highest BCUT2D eigenvalue weighted by molar-refractivity contribution is 5.95. The van der Waals surface area contributed by atoms with E-state index in [0.29, 0.717) is 32.0 Å². The van der Waals surface area contributed by atoms with Crippen LogP contribution in [0.1, 0.15) is 89.1 Å². The van der Waals surface area contributed by atoms with Gasteiger partial charge in [0.25, 0.3) is 5.91 Å². The second kappa shape index (κ2) is 22.1. The number of aliphatic hydroxyl groups excluding tert-OH is 1. The number of piperidine rings is 1. The van der Waals surface area contributed by atoms with E-state index in [1.54, 1.807) is 7.11 Å². The number of carbonyl (C=O) groups excluding carboxylic acids is 2. The molecule has 1 heterocycles. The molecule has 1 aromatic rings. The van der Waals surface area contributed by atoms with Gasteiger partial charge in [-0.3, -0.25) is 9.59 Å². The number of rotatable bonds is 18. The lowest BCUT2D eigenvalue weighted by atomic mass is 9.83. The summed E-state index contributed by atoms with van der Waals surface area (Å²) in [6.07, 6.45) is 5.38. The molecule has 0 radical (unpaired) electrons. The van der Waals surface area contributed by atoms with Crippen LogP contribution in [0.25, 0.3) is 0 Å². The summed E-state index contributed by atoms with van der Waals surface area (Å²) in [6, 6.07) is 7.39. The average Bonchev–Trinajstić information content (AvgIpc) is 2.96. The van der Waals surface area contributed by atoms with Crippen molar-refractivity contribution in [2.75, 3.05) is 39.8 Å². The number of unbranched alkanes of at least 4 members (excludes halogenated alkanes) is 1. The molecular formula is C33H60Cl2N4O4. The minimum absolute atomic E-state index is 0. The SMILES string of the molecule is CCCCNC(=O)[C@@H](C[C@H](O)C(N)C[C@H](CNC(=O)c1ccccc1CCN1CCC(OC)CC1)C(C)C)C(C)C.Cl.Cl. The van der Waals surface area contributed by atoms with E-state index in [1.807, 2.05) is 38.1 Å². The summed E-state index contributed by atoms with van der Waals surface area (Å²) >= 11 is 0. The van der Waals surface area contributed by atoms with Crippen molar-refractivity contribution < 1.29 is 19.4 Å². The number of halogens is 2. The van der Waals surface area contributed by atoms with Crippen LogP contribution in [0.5, 0.6) is 0 Å². The van der Waals surface area contributed by atoms with E-state index in [2.05, 4.69) is 36.3 Å². The van der Waals surface area contributed by atoms with Crippen molar-refractivity contribution in [3.63, 3.8) is 0 Å². The lowest BCUT2D eigenvalue weighted by Gasteiger charge is -2.31. The molecule has 0 bridgehead atoms. The molecule has 1 fully saturated rings. The summed E-state index contributed by atoms with van der Waals surface area (Å²) in [7, 11) is 1.79. The number of likely N-dealkylation sites (tertiary alicyclic amines) is 1. The number of aliphatic hydroxyl groups is 1. The van der Waals surface area contributed by atoms with Gasteiger partial charge in [0, 0.05) is 57.4 Å². The Bertz CT molecular complexity index is 913. The molecule has 8 nitrogen and oxygen atoms in total. The topological polar surface area (TPSA) is 117 Å². The summed E-state index contributed by atoms with van der Waals surface area (Å²) in [5, 5.41) is 17.1. The molecule has 10 heteroatoms. The van der Waals surface area contributed by atoms with Crippen LogP contribution < -0.4 is 16.4 Å². The molecule has 2 amide bonds. The van der Waals surface area contributed by atoms with Crippen molar-refractivity contribution in [3.8, 4) is 0 Å². The molecule has 250 valence electrons. The van der Waals surface area contributed by atoms with E-state index in [0.717, 1.165) is 62.9 Å². The molecule has 5 N–H and O–H groups in total. The third kappa shape index (κ3) is 14.5. The minimum atomic E-state index is -0.786. The van der Waals surface area contributed by atoms with Crippen LogP contribution in [0.3, 0.4) is 0 Å². The molecule has 0 aromatic heterocycles. The van der Waals surface area contributed by atoms with Crippen molar-refractivity contribution in [2.45, 2.75) is 97.8 Å². The number of nitrogens with two attached hydrogens (primary N) is 1. The summed E-state index contributed by atoms with van der Waals surface area (Å²) in [4.78, 5) is 28.5. The van der Waals surface area contributed by atoms with E-state index in [4.69, 9.17) is 10.5 Å². The van der Waals surface area contributed by atoms with Gasteiger partial charge in [-0.05, 0) is 67.9 Å². The van der Waals surface area contributed by atoms with Gasteiger partial charge in [-0.1, -0.05) is 59.2 Å². The molecule has 2 rings (SSSR count). The highest BCUT2D eigenvalue weighted by Crippen LogP contribution is 2.23. The fourth-order valence-corrected chi connectivity index (χ4v) is 5.66. The maximum Gasteiger partial charge on any atom is 0.251 e. The number of nitrogens with zero attached hydrogens (tertiary/aromatic N) is 1. The predicted octanol–water partition coefficient (Wildman–Crippen LogP) is 4.84. The number of carbonyl (C=O) groups is 2. The molecule has 1 aliphatic heterocycles. The van der Waals surface area contributed by atoms with E-state index in [-0.39, 0.29) is 60.3 Å². The van der Waals surface area contributed by atoms with E-state index in [9.17, 15) is 14.7 Å². The average molecular weight is 648 g/mol. The molecule has 4 atom stereocenters. The molecule has 0 aliphatic carbocycles. The highest BCUT2D eigenvalue weighted by Gasteiger charge is 2.30. The van der Waals surface area contributed by atoms with Gasteiger partial charge in [0.05, 0.1) is 12.2 Å². The van der Waals surface area contributed by atoms with Crippen molar-refractivity contribution in [3.05, 3.63) is 35.4 Å². The molecule has 1 aliphatic rings. The van der Waals surface area contributed by atoms with Gasteiger partial charge >= 0.3 is 0 Å². The third-order valence-electron chi connectivity index (χ3n) is 8.83. The molecule has 0 saturated carbocycles. The van der Waals surface area contributed by atoms with Gasteiger partial charge in [0.1, 0.15) is 0 Å². The normalized spacial score (nSPS) is 17.0. The predicted molar refractivity (Wildman–Crippen MR) is 181 cm³/mol. The number of ether oxygens (including phenoxy) is 1. The van der Waals surface area contributed by atoms with Gasteiger partial charge < -0.3 is 31.1 Å². The van der Waals surface area contributed by atoms with E-state index < -0.39 is 12.1 Å². The first kappa shape index (κ1) is 41.6.